The second-order valence-corrected chi connectivity index (χ2v) is 7.38. The van der Waals surface area contributed by atoms with Crippen molar-refractivity contribution < 1.29 is 24.4 Å². The van der Waals surface area contributed by atoms with Crippen LogP contribution in [0.3, 0.4) is 0 Å². The number of aliphatic hydroxyl groups excluding tert-OH is 2. The van der Waals surface area contributed by atoms with Crippen molar-refractivity contribution in [2.45, 2.75) is 43.1 Å². The molecule has 2 aliphatic heterocycles. The van der Waals surface area contributed by atoms with Crippen LogP contribution in [0.25, 0.3) is 0 Å². The number of benzene rings is 1. The van der Waals surface area contributed by atoms with Gasteiger partial charge in [-0.05, 0) is 54.3 Å². The molecule has 1 saturated heterocycles. The first kappa shape index (κ1) is 17.8. The third kappa shape index (κ3) is 2.40. The molecule has 0 aromatic heterocycles. The molecule has 0 bridgehead atoms. The minimum atomic E-state index is -0.706. The SMILES string of the molecule is COc1cc2c(cc1OC)[C@]13C[C@@H](OC)[C@@H](O)C=C1[C@H](O)CN3CCC2. The molecule has 142 valence electrons. The predicted octanol–water partition coefficient (Wildman–Crippen LogP) is 1.23. The number of hydrogen-bond acceptors (Lipinski definition) is 6. The zero-order chi connectivity index (χ0) is 18.5. The molecule has 0 radical (unpaired) electrons. The summed E-state index contributed by atoms with van der Waals surface area (Å²) in [5.41, 5.74) is 2.75. The second-order valence-electron chi connectivity index (χ2n) is 7.38. The van der Waals surface area contributed by atoms with E-state index in [-0.39, 0.29) is 6.10 Å². The summed E-state index contributed by atoms with van der Waals surface area (Å²) in [7, 11) is 4.92. The Labute approximate surface area is 154 Å². The van der Waals surface area contributed by atoms with Crippen LogP contribution in [0.1, 0.15) is 24.0 Å². The molecule has 1 aromatic carbocycles. The van der Waals surface area contributed by atoms with Crippen molar-refractivity contribution in [3.05, 3.63) is 34.9 Å². The zero-order valence-corrected chi connectivity index (χ0v) is 15.6. The highest BCUT2D eigenvalue weighted by atomic mass is 16.5. The lowest BCUT2D eigenvalue weighted by molar-refractivity contribution is -0.0318. The fraction of sp³-hybridized carbons (Fsp3) is 0.600. The first-order valence-corrected chi connectivity index (χ1v) is 9.16. The van der Waals surface area contributed by atoms with Crippen LogP contribution in [-0.2, 0) is 16.7 Å². The molecule has 2 N–H and O–H groups in total. The maximum absolute atomic E-state index is 10.8. The fourth-order valence-corrected chi connectivity index (χ4v) is 5.03. The lowest BCUT2D eigenvalue weighted by Gasteiger charge is -2.45. The highest BCUT2D eigenvalue weighted by Gasteiger charge is 2.56. The number of fused-ring (bicyclic) bond motifs is 1. The summed E-state index contributed by atoms with van der Waals surface area (Å²) >= 11 is 0. The van der Waals surface area contributed by atoms with Crippen LogP contribution >= 0.6 is 0 Å². The Morgan fingerprint density at radius 3 is 2.54 bits per heavy atom. The maximum Gasteiger partial charge on any atom is 0.161 e. The third-order valence-corrected chi connectivity index (χ3v) is 6.23. The van der Waals surface area contributed by atoms with Gasteiger partial charge in [-0.1, -0.05) is 0 Å². The van der Waals surface area contributed by atoms with Gasteiger partial charge in [-0.3, -0.25) is 4.90 Å². The highest BCUT2D eigenvalue weighted by Crippen LogP contribution is 2.53. The quantitative estimate of drug-likeness (QED) is 0.789. The summed E-state index contributed by atoms with van der Waals surface area (Å²) in [5, 5.41) is 21.2. The second kappa shape index (κ2) is 6.53. The molecule has 0 unspecified atom stereocenters. The number of ether oxygens (including phenoxy) is 3. The number of aliphatic hydroxyl groups is 2. The molecule has 1 fully saturated rings. The topological polar surface area (TPSA) is 71.4 Å². The molecule has 4 rings (SSSR count). The van der Waals surface area contributed by atoms with Gasteiger partial charge in [0.1, 0.15) is 0 Å². The van der Waals surface area contributed by atoms with E-state index in [2.05, 4.69) is 11.0 Å². The van der Waals surface area contributed by atoms with Crippen molar-refractivity contribution in [1.82, 2.24) is 4.90 Å². The molecule has 0 saturated carbocycles. The van der Waals surface area contributed by atoms with Crippen molar-refractivity contribution in [3.63, 3.8) is 0 Å². The van der Waals surface area contributed by atoms with E-state index >= 15 is 0 Å². The average molecular weight is 361 g/mol. The highest BCUT2D eigenvalue weighted by molar-refractivity contribution is 5.55. The molecular formula is C20H27NO5. The van der Waals surface area contributed by atoms with Crippen LogP contribution < -0.4 is 9.47 Å². The van der Waals surface area contributed by atoms with Gasteiger partial charge in [0, 0.05) is 20.1 Å². The van der Waals surface area contributed by atoms with E-state index in [1.54, 1.807) is 27.4 Å². The Morgan fingerprint density at radius 2 is 1.85 bits per heavy atom. The number of methoxy groups -OCH3 is 3. The minimum Gasteiger partial charge on any atom is -0.493 e. The molecule has 4 atom stereocenters. The van der Waals surface area contributed by atoms with E-state index in [1.165, 1.54) is 5.56 Å². The predicted molar refractivity (Wildman–Crippen MR) is 96.6 cm³/mol. The molecule has 1 aromatic rings. The smallest absolute Gasteiger partial charge is 0.161 e. The molecule has 3 aliphatic rings. The molecule has 2 heterocycles. The van der Waals surface area contributed by atoms with Crippen LogP contribution in [0.4, 0.5) is 0 Å². The van der Waals surface area contributed by atoms with E-state index in [0.29, 0.717) is 18.7 Å². The van der Waals surface area contributed by atoms with Crippen LogP contribution in [0, 0.1) is 0 Å². The van der Waals surface area contributed by atoms with Gasteiger partial charge in [0.15, 0.2) is 11.5 Å². The van der Waals surface area contributed by atoms with Crippen LogP contribution in [0.15, 0.2) is 23.8 Å². The molecule has 26 heavy (non-hydrogen) atoms. The fourth-order valence-electron chi connectivity index (χ4n) is 5.03. The lowest BCUT2D eigenvalue weighted by Crippen LogP contribution is -2.50. The Bertz CT molecular complexity index is 733. The van der Waals surface area contributed by atoms with Crippen molar-refractivity contribution in [2.75, 3.05) is 34.4 Å². The van der Waals surface area contributed by atoms with Crippen LogP contribution in [0.2, 0.25) is 0 Å². The van der Waals surface area contributed by atoms with Crippen molar-refractivity contribution in [1.29, 1.82) is 0 Å². The maximum atomic E-state index is 10.8. The van der Waals surface area contributed by atoms with Crippen molar-refractivity contribution >= 4 is 0 Å². The van der Waals surface area contributed by atoms with E-state index in [0.717, 1.165) is 36.3 Å². The monoisotopic (exact) mass is 361 g/mol. The molecule has 1 aliphatic carbocycles. The van der Waals surface area contributed by atoms with Gasteiger partial charge in [-0.15, -0.1) is 0 Å². The zero-order valence-electron chi connectivity index (χ0n) is 15.6. The molecule has 1 spiro atoms. The molecule has 6 heteroatoms. The Hall–Kier alpha value is -1.60. The Kier molecular flexibility index (Phi) is 4.47. The van der Waals surface area contributed by atoms with Crippen molar-refractivity contribution in [2.24, 2.45) is 0 Å². The van der Waals surface area contributed by atoms with E-state index in [1.807, 2.05) is 6.07 Å². The van der Waals surface area contributed by atoms with Gasteiger partial charge in [0.2, 0.25) is 0 Å². The number of hydrogen-bond donors (Lipinski definition) is 2. The van der Waals surface area contributed by atoms with E-state index in [4.69, 9.17) is 14.2 Å². The van der Waals surface area contributed by atoms with Gasteiger partial charge in [-0.2, -0.15) is 0 Å². The Morgan fingerprint density at radius 1 is 1.12 bits per heavy atom. The van der Waals surface area contributed by atoms with E-state index in [9.17, 15) is 10.2 Å². The average Bonchev–Trinajstić information content (AvgIpc) is 2.83. The normalized spacial score (nSPS) is 33.6. The summed E-state index contributed by atoms with van der Waals surface area (Å²) in [6.45, 7) is 1.46. The van der Waals surface area contributed by atoms with Crippen LogP contribution in [-0.4, -0.2) is 67.8 Å². The first-order chi connectivity index (χ1) is 12.5. The number of nitrogens with zero attached hydrogens (tertiary/aromatic N) is 1. The third-order valence-electron chi connectivity index (χ3n) is 6.23. The van der Waals surface area contributed by atoms with Gasteiger partial charge in [0.25, 0.3) is 0 Å². The van der Waals surface area contributed by atoms with Gasteiger partial charge >= 0.3 is 0 Å². The summed E-state index contributed by atoms with van der Waals surface area (Å²) in [5.74, 6) is 1.41. The van der Waals surface area contributed by atoms with Crippen molar-refractivity contribution in [3.8, 4) is 11.5 Å². The summed E-state index contributed by atoms with van der Waals surface area (Å²) in [6.07, 6.45) is 2.75. The molecule has 6 nitrogen and oxygen atoms in total. The summed E-state index contributed by atoms with van der Waals surface area (Å²) in [6, 6.07) is 4.10. The standard InChI is InChI=1S/C20H27NO5/c1-24-17-7-12-5-4-6-21-11-16(23)14-8-15(22)19(26-3)10-20(14,21)13(12)9-18(17)25-2/h7-9,15-16,19,22-23H,4-6,10-11H2,1-3H3/t15-,16+,19+,20+/m0/s1. The van der Waals surface area contributed by atoms with Gasteiger partial charge in [-0.25, -0.2) is 0 Å². The first-order valence-electron chi connectivity index (χ1n) is 9.16. The lowest BCUT2D eigenvalue weighted by atomic mass is 9.71. The van der Waals surface area contributed by atoms with Gasteiger partial charge < -0.3 is 24.4 Å². The minimum absolute atomic E-state index is 0.314. The number of aryl methyl sites for hydroxylation is 1. The van der Waals surface area contributed by atoms with E-state index < -0.39 is 17.7 Å². The summed E-state index contributed by atoms with van der Waals surface area (Å²) < 4.78 is 16.7. The molecular weight excluding hydrogens is 334 g/mol. The Balaban J connectivity index is 1.96. The molecule has 0 amide bonds. The largest absolute Gasteiger partial charge is 0.493 e. The summed E-state index contributed by atoms with van der Waals surface area (Å²) in [4.78, 5) is 2.35. The van der Waals surface area contributed by atoms with Crippen LogP contribution in [0.5, 0.6) is 11.5 Å². The number of rotatable bonds is 3. The van der Waals surface area contributed by atoms with Gasteiger partial charge in [0.05, 0.1) is 38.1 Å².